The number of nitrogens with zero attached hydrogens (tertiary/aromatic N) is 2. The number of thiophene rings is 1. The lowest BCUT2D eigenvalue weighted by Gasteiger charge is -2.13. The summed E-state index contributed by atoms with van der Waals surface area (Å²) in [7, 11) is 1.42. The first-order valence-electron chi connectivity index (χ1n) is 7.13. The average molecular weight is 322 g/mol. The summed E-state index contributed by atoms with van der Waals surface area (Å²) in [5.41, 5.74) is 1.40. The molecule has 0 amide bonds. The Morgan fingerprint density at radius 2 is 2.10 bits per heavy atom. The number of methoxy groups -OCH3 is 1. The van der Waals surface area contributed by atoms with Crippen LogP contribution in [0.3, 0.4) is 0 Å². The molecule has 0 saturated heterocycles. The highest BCUT2D eigenvalue weighted by atomic mass is 32.2. The van der Waals surface area contributed by atoms with Gasteiger partial charge in [0.15, 0.2) is 0 Å². The Labute approximate surface area is 132 Å². The van der Waals surface area contributed by atoms with Gasteiger partial charge in [-0.25, -0.2) is 9.97 Å². The van der Waals surface area contributed by atoms with Crippen LogP contribution in [0.5, 0.6) is 0 Å². The first-order chi connectivity index (χ1) is 10.1. The molecule has 3 rings (SSSR count). The van der Waals surface area contributed by atoms with Gasteiger partial charge in [0.2, 0.25) is 0 Å². The van der Waals surface area contributed by atoms with Crippen molar-refractivity contribution in [1.29, 1.82) is 0 Å². The highest BCUT2D eigenvalue weighted by Gasteiger charge is 2.23. The summed E-state index contributed by atoms with van der Waals surface area (Å²) >= 11 is 3.27. The highest BCUT2D eigenvalue weighted by Crippen LogP contribution is 2.40. The van der Waals surface area contributed by atoms with Crippen LogP contribution in [-0.4, -0.2) is 28.3 Å². The number of ether oxygens (including phenoxy) is 1. The third kappa shape index (κ3) is 2.79. The molecule has 21 heavy (non-hydrogen) atoms. The second kappa shape index (κ2) is 5.93. The van der Waals surface area contributed by atoms with Crippen LogP contribution < -0.4 is 0 Å². The van der Waals surface area contributed by atoms with Crippen LogP contribution in [0.25, 0.3) is 10.2 Å². The minimum Gasteiger partial charge on any atom is -0.468 e. The van der Waals surface area contributed by atoms with Gasteiger partial charge >= 0.3 is 5.97 Å². The van der Waals surface area contributed by atoms with Crippen LogP contribution >= 0.6 is 23.1 Å². The molecule has 2 aromatic rings. The smallest absolute Gasteiger partial charge is 0.318 e. The number of carbonyl (C=O) groups is 1. The fourth-order valence-electron chi connectivity index (χ4n) is 2.69. The van der Waals surface area contributed by atoms with E-state index in [2.05, 4.69) is 9.97 Å². The van der Waals surface area contributed by atoms with Gasteiger partial charge in [0.25, 0.3) is 0 Å². The summed E-state index contributed by atoms with van der Waals surface area (Å²) in [5.74, 6) is 0.550. The van der Waals surface area contributed by atoms with E-state index < -0.39 is 0 Å². The van der Waals surface area contributed by atoms with Crippen LogP contribution in [0.1, 0.15) is 36.0 Å². The van der Waals surface area contributed by atoms with E-state index in [0.717, 1.165) is 28.5 Å². The van der Waals surface area contributed by atoms with Crippen molar-refractivity contribution >= 4 is 39.3 Å². The van der Waals surface area contributed by atoms with Gasteiger partial charge < -0.3 is 4.74 Å². The Hall–Kier alpha value is -1.14. The van der Waals surface area contributed by atoms with E-state index in [-0.39, 0.29) is 11.2 Å². The van der Waals surface area contributed by atoms with E-state index in [4.69, 9.17) is 4.74 Å². The van der Waals surface area contributed by atoms with E-state index in [0.29, 0.717) is 0 Å². The first-order valence-corrected chi connectivity index (χ1v) is 8.83. The number of carbonyl (C=O) groups excluding carboxylic acids is 1. The van der Waals surface area contributed by atoms with Crippen molar-refractivity contribution in [2.24, 2.45) is 0 Å². The lowest BCUT2D eigenvalue weighted by Crippen LogP contribution is -2.15. The standard InChI is InChI=1S/C15H18N2O2S2/c1-8(15(18)19-3)20-13-12-10-6-4-5-7-11(10)21-14(12)17-9(2)16-13/h8H,4-7H2,1-3H3. The molecular formula is C15H18N2O2S2. The molecule has 0 aromatic carbocycles. The van der Waals surface area contributed by atoms with Crippen molar-refractivity contribution in [3.8, 4) is 0 Å². The summed E-state index contributed by atoms with van der Waals surface area (Å²) in [6.45, 7) is 3.77. The topological polar surface area (TPSA) is 52.1 Å². The van der Waals surface area contributed by atoms with Crippen molar-refractivity contribution < 1.29 is 9.53 Å². The van der Waals surface area contributed by atoms with E-state index in [1.54, 1.807) is 11.3 Å². The van der Waals surface area contributed by atoms with E-state index in [1.165, 1.54) is 47.5 Å². The Bertz CT molecular complexity index is 697. The third-order valence-corrected chi connectivity index (χ3v) is 5.97. The molecule has 0 aliphatic heterocycles. The molecule has 0 spiro atoms. The number of thioether (sulfide) groups is 1. The number of rotatable bonds is 3. The molecule has 112 valence electrons. The molecule has 0 bridgehead atoms. The number of aryl methyl sites for hydroxylation is 3. The van der Waals surface area contributed by atoms with Gasteiger partial charge in [-0.2, -0.15) is 0 Å². The first kappa shape index (κ1) is 14.8. The maximum atomic E-state index is 11.7. The van der Waals surface area contributed by atoms with Gasteiger partial charge in [0.1, 0.15) is 20.9 Å². The zero-order valence-electron chi connectivity index (χ0n) is 12.4. The van der Waals surface area contributed by atoms with E-state index in [9.17, 15) is 4.79 Å². The normalized spacial score (nSPS) is 15.8. The lowest BCUT2D eigenvalue weighted by molar-refractivity contribution is -0.139. The highest BCUT2D eigenvalue weighted by molar-refractivity contribution is 8.00. The molecule has 1 atom stereocenters. The Balaban J connectivity index is 2.08. The summed E-state index contributed by atoms with van der Waals surface area (Å²) < 4.78 is 4.82. The maximum absolute atomic E-state index is 11.7. The SMILES string of the molecule is COC(=O)C(C)Sc1nc(C)nc2sc3c(c12)CCCC3. The summed E-state index contributed by atoms with van der Waals surface area (Å²) in [6.07, 6.45) is 4.73. The Morgan fingerprint density at radius 3 is 2.86 bits per heavy atom. The van der Waals surface area contributed by atoms with Gasteiger partial charge in [-0.15, -0.1) is 11.3 Å². The Kier molecular flexibility index (Phi) is 4.17. The molecule has 0 fully saturated rings. The minimum atomic E-state index is -0.258. The molecule has 1 aliphatic rings. The quantitative estimate of drug-likeness (QED) is 0.491. The number of fused-ring (bicyclic) bond motifs is 3. The van der Waals surface area contributed by atoms with Gasteiger partial charge in [-0.05, 0) is 45.1 Å². The average Bonchev–Trinajstić information content (AvgIpc) is 2.84. The fourth-order valence-corrected chi connectivity index (χ4v) is 5.11. The molecule has 1 unspecified atom stereocenters. The number of hydrogen-bond donors (Lipinski definition) is 0. The molecule has 0 radical (unpaired) electrons. The molecule has 1 aliphatic carbocycles. The molecule has 2 aromatic heterocycles. The zero-order chi connectivity index (χ0) is 15.0. The third-order valence-electron chi connectivity index (χ3n) is 3.71. The van der Waals surface area contributed by atoms with Crippen molar-refractivity contribution in [3.63, 3.8) is 0 Å². The monoisotopic (exact) mass is 322 g/mol. The van der Waals surface area contributed by atoms with Crippen molar-refractivity contribution in [1.82, 2.24) is 9.97 Å². The van der Waals surface area contributed by atoms with E-state index >= 15 is 0 Å². The van der Waals surface area contributed by atoms with Crippen LogP contribution in [0, 0.1) is 6.92 Å². The molecule has 2 heterocycles. The largest absolute Gasteiger partial charge is 0.468 e. The summed E-state index contributed by atoms with van der Waals surface area (Å²) in [4.78, 5) is 23.4. The van der Waals surface area contributed by atoms with Crippen LogP contribution in [0.4, 0.5) is 0 Å². The zero-order valence-corrected chi connectivity index (χ0v) is 14.1. The van der Waals surface area contributed by atoms with Crippen molar-refractivity contribution in [2.45, 2.75) is 49.8 Å². The van der Waals surface area contributed by atoms with Gasteiger partial charge in [-0.3, -0.25) is 4.79 Å². The van der Waals surface area contributed by atoms with Gasteiger partial charge in [-0.1, -0.05) is 11.8 Å². The molecule has 4 nitrogen and oxygen atoms in total. The number of esters is 1. The van der Waals surface area contributed by atoms with Gasteiger partial charge in [0, 0.05) is 10.3 Å². The number of hydrogen-bond acceptors (Lipinski definition) is 6. The lowest BCUT2D eigenvalue weighted by atomic mass is 9.97. The predicted octanol–water partition coefficient (Wildman–Crippen LogP) is 3.53. The second-order valence-corrected chi connectivity index (χ2v) is 7.66. The van der Waals surface area contributed by atoms with Crippen molar-refractivity contribution in [2.75, 3.05) is 7.11 Å². The molecule has 6 heteroatoms. The number of aromatic nitrogens is 2. The molecular weight excluding hydrogens is 304 g/mol. The summed E-state index contributed by atoms with van der Waals surface area (Å²) in [6, 6.07) is 0. The van der Waals surface area contributed by atoms with Crippen molar-refractivity contribution in [3.05, 3.63) is 16.3 Å². The van der Waals surface area contributed by atoms with Crippen LogP contribution in [0.15, 0.2) is 5.03 Å². The predicted molar refractivity (Wildman–Crippen MR) is 86.1 cm³/mol. The minimum absolute atomic E-state index is 0.214. The van der Waals surface area contributed by atoms with Crippen LogP contribution in [-0.2, 0) is 22.4 Å². The second-order valence-electron chi connectivity index (χ2n) is 5.25. The molecule has 0 N–H and O–H groups in total. The van der Waals surface area contributed by atoms with E-state index in [1.807, 2.05) is 13.8 Å². The summed E-state index contributed by atoms with van der Waals surface area (Å²) in [5, 5.41) is 1.84. The Morgan fingerprint density at radius 1 is 1.33 bits per heavy atom. The molecule has 0 saturated carbocycles. The fraction of sp³-hybridized carbons (Fsp3) is 0.533. The van der Waals surface area contributed by atoms with Gasteiger partial charge in [0.05, 0.1) is 7.11 Å². The maximum Gasteiger partial charge on any atom is 0.318 e. The van der Waals surface area contributed by atoms with Crippen LogP contribution in [0.2, 0.25) is 0 Å².